The normalized spacial score (nSPS) is 15.0. The van der Waals surface area contributed by atoms with E-state index in [9.17, 15) is 29.2 Å². The Kier molecular flexibility index (Phi) is 29.9. The third-order valence-electron chi connectivity index (χ3n) is 25.4. The number of nitriles is 2. The van der Waals surface area contributed by atoms with Crippen molar-refractivity contribution in [3.05, 3.63) is 288 Å². The smallest absolute Gasteiger partial charge is 0.258 e. The van der Waals surface area contributed by atoms with Gasteiger partial charge in [-0.1, -0.05) is 12.1 Å². The molecular weight excluding hydrogens is 1730 g/mol. The van der Waals surface area contributed by atoms with Crippen molar-refractivity contribution in [3.8, 4) is 103 Å². The van der Waals surface area contributed by atoms with Crippen LogP contribution in [0.4, 0.5) is 28.4 Å². The lowest BCUT2D eigenvalue weighted by Crippen LogP contribution is -2.43. The standard InChI is InChI=1S/C23H28N4O3.C22H26N4O3.C20H19N5O2.C20H22N4O2.C19H17N5O/c1-25(2)17-9-11-26(12-10-17)18-6-8-22-24-19(14-23(28)27(22)15-18)16-5-7-20(29-3)21(13-16)30-4;1-24(2)16-9-10-25(13-16)17-6-8-21-23-18(12-22(27)26(21)14-17)15-5-7-19(28-3)20(11-15)29-4;1-27-18-4-2-14(10-15(18)12-21)17-11-20(26)25-13-16(3-5-19(25)23-17)24-8-6-22-7-9-24;1-14-11-15(3-5-18(14)26-2)17-12-20(25)24-13-16(4-6-19(24)22-17)23-9-7-21-8-10-23;20-12-14-2-1-3-15(10-14)17-11-19(25)24-13-16(4-5-18(24)22-17)23-8-6-21-7-9-23/h5-8,13-15,17H,9-12H2,1-4H3;5-8,11-12,14,16H,9-10,13H2,1-4H3;2-5,10-11,13,22H,6-9H2,1H3;3-6,11-13,21H,7-10H2,1-2H3;1-5,10-11,13,21H,6-9H2/t;16-;;;/m.0.../s1. The van der Waals surface area contributed by atoms with Gasteiger partial charge in [-0.2, -0.15) is 10.5 Å². The summed E-state index contributed by atoms with van der Waals surface area (Å²) in [6.45, 7) is 17.1. The molecule has 704 valence electrons. The number of hydrogen-bond acceptors (Lipinski definition) is 28. The van der Waals surface area contributed by atoms with Crippen molar-refractivity contribution < 1.29 is 28.4 Å². The number of anilines is 5. The van der Waals surface area contributed by atoms with Gasteiger partial charge in [0.15, 0.2) is 23.0 Å². The second-order valence-corrected chi connectivity index (χ2v) is 34.3. The van der Waals surface area contributed by atoms with Gasteiger partial charge in [-0.15, -0.1) is 0 Å². The molecule has 3 N–H and O–H groups in total. The van der Waals surface area contributed by atoms with Gasteiger partial charge in [-0.25, -0.2) is 24.9 Å². The van der Waals surface area contributed by atoms with Crippen molar-refractivity contribution in [1.29, 1.82) is 10.5 Å². The summed E-state index contributed by atoms with van der Waals surface area (Å²) in [6.07, 6.45) is 12.7. The lowest BCUT2D eigenvalue weighted by atomic mass is 10.0. The van der Waals surface area contributed by atoms with Gasteiger partial charge >= 0.3 is 0 Å². The van der Waals surface area contributed by atoms with E-state index in [0.717, 1.165) is 186 Å². The summed E-state index contributed by atoms with van der Waals surface area (Å²) >= 11 is 0. The van der Waals surface area contributed by atoms with Crippen molar-refractivity contribution >= 4 is 56.7 Å². The molecule has 0 amide bonds. The summed E-state index contributed by atoms with van der Waals surface area (Å²) in [6, 6.07) is 61.9. The first-order valence-electron chi connectivity index (χ1n) is 45.7. The van der Waals surface area contributed by atoms with Gasteiger partial charge in [-0.05, 0) is 206 Å². The average Bonchev–Trinajstić information content (AvgIpc) is 1.58. The fraction of sp³-hybridized carbons (Fsp3) is 0.308. The minimum atomic E-state index is -0.152. The molecule has 1 atom stereocenters. The average molecular weight is 1850 g/mol. The lowest BCUT2D eigenvalue weighted by molar-refractivity contribution is 0.249. The van der Waals surface area contributed by atoms with Gasteiger partial charge in [-0.3, -0.25) is 46.0 Å². The van der Waals surface area contributed by atoms with Crippen LogP contribution in [0, 0.1) is 29.6 Å². The zero-order valence-electron chi connectivity index (χ0n) is 78.9. The molecule has 0 saturated carbocycles. The van der Waals surface area contributed by atoms with Crippen molar-refractivity contribution in [2.45, 2.75) is 38.3 Å². The highest BCUT2D eigenvalue weighted by molar-refractivity contribution is 5.72. The summed E-state index contributed by atoms with van der Waals surface area (Å²) < 4.78 is 39.8. The zero-order valence-corrected chi connectivity index (χ0v) is 78.9. The van der Waals surface area contributed by atoms with Crippen LogP contribution in [0.15, 0.2) is 243 Å². The van der Waals surface area contributed by atoms with E-state index in [0.29, 0.717) is 114 Å². The van der Waals surface area contributed by atoms with Crippen molar-refractivity contribution in [1.82, 2.24) is 72.7 Å². The Morgan fingerprint density at radius 3 is 0.934 bits per heavy atom. The Labute approximate surface area is 792 Å². The third-order valence-corrected chi connectivity index (χ3v) is 25.4. The number of piperidine rings is 1. The van der Waals surface area contributed by atoms with E-state index in [2.05, 4.69) is 117 Å². The summed E-state index contributed by atoms with van der Waals surface area (Å²) in [5.41, 5.74) is 16.7. The van der Waals surface area contributed by atoms with E-state index in [-0.39, 0.29) is 27.8 Å². The fourth-order valence-corrected chi connectivity index (χ4v) is 17.7. The van der Waals surface area contributed by atoms with E-state index in [1.165, 1.54) is 19.2 Å². The fourth-order valence-electron chi connectivity index (χ4n) is 17.7. The number of methoxy groups -OCH3 is 6. The number of aryl methyl sites for hydroxylation is 1. The molecule has 5 saturated heterocycles. The number of ether oxygens (including phenoxy) is 6. The summed E-state index contributed by atoms with van der Waals surface area (Å²) in [4.78, 5) is 103. The van der Waals surface area contributed by atoms with E-state index in [4.69, 9.17) is 38.7 Å². The second kappa shape index (κ2) is 43.2. The highest BCUT2D eigenvalue weighted by Gasteiger charge is 2.27. The minimum Gasteiger partial charge on any atom is -0.496 e. The quantitative estimate of drug-likeness (QED) is 0.0718. The maximum Gasteiger partial charge on any atom is 0.258 e. The highest BCUT2D eigenvalue weighted by atomic mass is 16.5. The Morgan fingerprint density at radius 2 is 0.613 bits per heavy atom. The first-order valence-corrected chi connectivity index (χ1v) is 45.7. The highest BCUT2D eigenvalue weighted by Crippen LogP contribution is 2.36. The molecule has 33 nitrogen and oxygen atoms in total. The topological polar surface area (TPSA) is 334 Å². The van der Waals surface area contributed by atoms with Crippen LogP contribution in [-0.2, 0) is 0 Å². The molecule has 0 aliphatic carbocycles. The van der Waals surface area contributed by atoms with E-state index < -0.39 is 0 Å². The van der Waals surface area contributed by atoms with Crippen molar-refractivity contribution in [2.24, 2.45) is 0 Å². The zero-order chi connectivity index (χ0) is 95.9. The van der Waals surface area contributed by atoms with Crippen LogP contribution in [-0.4, -0.2) is 244 Å². The van der Waals surface area contributed by atoms with E-state index >= 15 is 0 Å². The number of likely N-dealkylation sites (N-methyl/N-ethyl adjacent to an activating group) is 1. The Bertz CT molecular complexity index is 7320. The number of fused-ring (bicyclic) bond motifs is 5. The molecule has 15 aromatic rings. The molecule has 5 fully saturated rings. The maximum atomic E-state index is 12.9. The van der Waals surface area contributed by atoms with Gasteiger partial charge in [0.05, 0.1) is 117 Å². The van der Waals surface area contributed by atoms with E-state index in [1.807, 2.05) is 153 Å². The molecular formula is C104H112N22O11. The van der Waals surface area contributed by atoms with Crippen LogP contribution in [0.3, 0.4) is 0 Å². The molecule has 15 heterocycles. The number of benzene rings is 5. The number of nitrogens with zero attached hydrogens (tertiary/aromatic N) is 19. The van der Waals surface area contributed by atoms with Crippen molar-refractivity contribution in [3.63, 3.8) is 0 Å². The van der Waals surface area contributed by atoms with Crippen LogP contribution in [0.2, 0.25) is 0 Å². The molecule has 0 spiro atoms. The number of rotatable bonds is 18. The number of aromatic nitrogens is 10. The molecule has 0 bridgehead atoms. The van der Waals surface area contributed by atoms with Gasteiger partial charge in [0.2, 0.25) is 0 Å². The largest absolute Gasteiger partial charge is 0.496 e. The van der Waals surface area contributed by atoms with E-state index in [1.54, 1.807) is 112 Å². The molecule has 137 heavy (non-hydrogen) atoms. The van der Waals surface area contributed by atoms with Crippen LogP contribution in [0.1, 0.15) is 36.0 Å². The Morgan fingerprint density at radius 1 is 0.314 bits per heavy atom. The maximum absolute atomic E-state index is 12.9. The monoisotopic (exact) mass is 1840 g/mol. The number of nitrogens with one attached hydrogen (secondary N) is 3. The third kappa shape index (κ3) is 21.8. The van der Waals surface area contributed by atoms with Gasteiger partial charge in [0.25, 0.3) is 27.8 Å². The van der Waals surface area contributed by atoms with Crippen LogP contribution in [0.25, 0.3) is 84.5 Å². The molecule has 5 aromatic carbocycles. The molecule has 10 aromatic heterocycles. The number of hydrogen-bond donors (Lipinski definition) is 3. The summed E-state index contributed by atoms with van der Waals surface area (Å²) in [7, 11) is 18.0. The van der Waals surface area contributed by atoms with Crippen LogP contribution in [0.5, 0.6) is 34.5 Å². The minimum absolute atomic E-state index is 0.0737. The first-order chi connectivity index (χ1) is 66.6. The Hall–Kier alpha value is -15.5. The SMILES string of the molecule is COc1ccc(-c2cc(=O)n3cc(N4CCC(N(C)C)CC4)ccc3n2)cc1OC.COc1ccc(-c2cc(=O)n3cc(N4CCNCC4)ccc3n2)cc1C.COc1ccc(-c2cc(=O)n3cc(N4CCNCC4)ccc3n2)cc1C#N.COc1ccc(-c2cc(=O)n3cc(N4CC[C@H](N(C)C)C4)ccc3n2)cc1OC.N#Cc1cccc(-c2cc(=O)n3cc(N4CCNCC4)ccc3n2)c1. The predicted octanol–water partition coefficient (Wildman–Crippen LogP) is 10.8. The lowest BCUT2D eigenvalue weighted by Gasteiger charge is -2.36. The van der Waals surface area contributed by atoms with Gasteiger partial charge in [0, 0.05) is 206 Å². The van der Waals surface area contributed by atoms with Crippen LogP contribution < -0.4 is 96.7 Å². The first kappa shape index (κ1) is 94.7. The Balaban J connectivity index is 0.000000124. The second-order valence-electron chi connectivity index (χ2n) is 34.3. The van der Waals surface area contributed by atoms with Gasteiger partial charge in [0.1, 0.15) is 45.8 Å². The molecule has 5 aliphatic heterocycles. The number of piperazine rings is 3. The molecule has 0 radical (unpaired) electrons. The predicted molar refractivity (Wildman–Crippen MR) is 536 cm³/mol. The van der Waals surface area contributed by atoms with Gasteiger partial charge < -0.3 is 78.7 Å². The molecule has 5 aliphatic rings. The van der Waals surface area contributed by atoms with Crippen molar-refractivity contribution in [2.75, 3.05) is 200 Å². The van der Waals surface area contributed by atoms with Crippen LogP contribution >= 0.6 is 0 Å². The molecule has 0 unspecified atom stereocenters. The molecule has 20 rings (SSSR count). The molecule has 33 heteroatoms. The summed E-state index contributed by atoms with van der Waals surface area (Å²) in [5, 5.41) is 28.3. The number of pyridine rings is 5. The summed E-state index contributed by atoms with van der Waals surface area (Å²) in [5.74, 6) is 3.81.